The van der Waals surface area contributed by atoms with Crippen LogP contribution >= 0.6 is 0 Å². The minimum absolute atomic E-state index is 0.0261. The number of nitrogens with zero attached hydrogens (tertiary/aromatic N) is 5. The molecule has 0 amide bonds. The number of carboxylic acid groups (broad SMARTS) is 1. The van der Waals surface area contributed by atoms with Crippen LogP contribution in [0.15, 0.2) is 47.5 Å². The molecule has 1 N–H and O–H groups in total. The Labute approximate surface area is 276 Å². The molecule has 3 aromatic heterocycles. The number of methoxy groups -OCH3 is 1. The third-order valence-electron chi connectivity index (χ3n) is 9.53. The topological polar surface area (TPSA) is 145 Å². The lowest BCUT2D eigenvalue weighted by Gasteiger charge is -2.38. The highest BCUT2D eigenvalue weighted by atomic mass is 32.2. The van der Waals surface area contributed by atoms with Gasteiger partial charge in [-0.1, -0.05) is 18.2 Å². The summed E-state index contributed by atoms with van der Waals surface area (Å²) in [6.45, 7) is 7.56. The van der Waals surface area contributed by atoms with Gasteiger partial charge in [0.2, 0.25) is 27.6 Å². The van der Waals surface area contributed by atoms with Crippen molar-refractivity contribution >= 4 is 21.6 Å². The van der Waals surface area contributed by atoms with Crippen molar-refractivity contribution in [2.45, 2.75) is 69.9 Å². The molecule has 0 saturated carbocycles. The van der Waals surface area contributed by atoms with Crippen molar-refractivity contribution in [3.8, 4) is 11.8 Å². The SMILES string of the molecule is COc1ccc2c(n1)OC1(CCOCC1)CN(Cc1cc(C(c3ccn4c(C(F)F)nnc4c3C)C(C)(C)C(=O)O)ccc1C)S2(=O)=O. The van der Waals surface area contributed by atoms with E-state index in [1.807, 2.05) is 25.1 Å². The van der Waals surface area contributed by atoms with Gasteiger partial charge >= 0.3 is 5.97 Å². The van der Waals surface area contributed by atoms with Gasteiger partial charge in [0.25, 0.3) is 6.43 Å². The van der Waals surface area contributed by atoms with Crippen molar-refractivity contribution < 1.29 is 41.3 Å². The summed E-state index contributed by atoms with van der Waals surface area (Å²) in [5.41, 5.74) is 1.08. The first-order valence-corrected chi connectivity index (χ1v) is 16.9. The number of fused-ring (bicyclic) bond motifs is 2. The van der Waals surface area contributed by atoms with Crippen LogP contribution in [0.5, 0.6) is 11.8 Å². The molecule has 2 aliphatic heterocycles. The molecular formula is C33H37F2N5O7S. The number of sulfonamides is 1. The number of aliphatic carboxylic acids is 1. The lowest BCUT2D eigenvalue weighted by atomic mass is 9.70. The number of carbonyl (C=O) groups is 1. The third-order valence-corrected chi connectivity index (χ3v) is 11.3. The van der Waals surface area contributed by atoms with Crippen LogP contribution in [-0.4, -0.2) is 75.9 Å². The van der Waals surface area contributed by atoms with Gasteiger partial charge in [0.05, 0.1) is 32.3 Å². The Morgan fingerprint density at radius 1 is 1.12 bits per heavy atom. The van der Waals surface area contributed by atoms with Gasteiger partial charge in [0, 0.05) is 37.6 Å². The van der Waals surface area contributed by atoms with Gasteiger partial charge in [-0.05, 0) is 67.6 Å². The third kappa shape index (κ3) is 5.77. The van der Waals surface area contributed by atoms with E-state index in [1.54, 1.807) is 26.8 Å². The lowest BCUT2D eigenvalue weighted by molar-refractivity contribution is -0.147. The van der Waals surface area contributed by atoms with E-state index < -0.39 is 45.2 Å². The number of alkyl halides is 2. The maximum absolute atomic E-state index is 14.3. The first-order valence-electron chi connectivity index (χ1n) is 15.5. The number of aryl methyl sites for hydroxylation is 2. The Balaban J connectivity index is 1.46. The van der Waals surface area contributed by atoms with E-state index in [-0.39, 0.29) is 35.4 Å². The molecule has 0 radical (unpaired) electrons. The normalized spacial score (nSPS) is 18.3. The molecule has 0 bridgehead atoms. The molecule has 256 valence electrons. The second kappa shape index (κ2) is 12.3. The van der Waals surface area contributed by atoms with E-state index in [4.69, 9.17) is 14.2 Å². The summed E-state index contributed by atoms with van der Waals surface area (Å²) in [5.74, 6) is -2.15. The first kappa shape index (κ1) is 33.7. The number of aromatic nitrogens is 4. The molecule has 1 spiro atoms. The molecule has 1 atom stereocenters. The van der Waals surface area contributed by atoms with Crippen LogP contribution in [0.2, 0.25) is 0 Å². The molecule has 48 heavy (non-hydrogen) atoms. The molecule has 5 heterocycles. The van der Waals surface area contributed by atoms with Gasteiger partial charge in [-0.3, -0.25) is 9.20 Å². The highest BCUT2D eigenvalue weighted by Crippen LogP contribution is 2.44. The van der Waals surface area contributed by atoms with Crippen molar-refractivity contribution in [1.82, 2.24) is 23.9 Å². The molecule has 15 heteroatoms. The van der Waals surface area contributed by atoms with Crippen LogP contribution in [0.1, 0.15) is 72.7 Å². The van der Waals surface area contributed by atoms with E-state index in [1.165, 1.54) is 34.1 Å². The average Bonchev–Trinajstić information content (AvgIpc) is 3.46. The van der Waals surface area contributed by atoms with E-state index in [0.717, 1.165) is 5.56 Å². The number of ether oxygens (including phenoxy) is 3. The van der Waals surface area contributed by atoms with Crippen LogP contribution < -0.4 is 9.47 Å². The Morgan fingerprint density at radius 3 is 2.52 bits per heavy atom. The summed E-state index contributed by atoms with van der Waals surface area (Å²) in [4.78, 5) is 17.0. The predicted octanol–water partition coefficient (Wildman–Crippen LogP) is 5.06. The largest absolute Gasteiger partial charge is 0.481 e. The summed E-state index contributed by atoms with van der Waals surface area (Å²) in [7, 11) is -2.68. The molecule has 0 aliphatic carbocycles. The minimum atomic E-state index is -4.12. The standard InChI is InChI=1S/C33H37F2N5O7S/c1-19-6-7-21(26(32(3,4)31(41)42)23-10-13-40-28(20(23)2)37-38-29(40)27(34)35)16-22(19)17-39-18-33(11-14-46-15-12-33)47-30-24(48(39,43)44)8-9-25(36-30)45-5/h6-10,13,16,26-27H,11-12,14-15,17-18H2,1-5H3,(H,41,42). The highest BCUT2D eigenvalue weighted by molar-refractivity contribution is 7.89. The van der Waals surface area contributed by atoms with Crippen molar-refractivity contribution in [3.05, 3.63) is 76.2 Å². The molecule has 6 rings (SSSR count). The van der Waals surface area contributed by atoms with Crippen LogP contribution in [0, 0.1) is 19.3 Å². The Kier molecular flexibility index (Phi) is 8.67. The summed E-state index contributed by atoms with van der Waals surface area (Å²) in [6.07, 6.45) is -0.523. The Morgan fingerprint density at radius 2 is 1.85 bits per heavy atom. The van der Waals surface area contributed by atoms with Gasteiger partial charge in [0.15, 0.2) is 5.65 Å². The van der Waals surface area contributed by atoms with Crippen molar-refractivity contribution in [2.24, 2.45) is 5.41 Å². The summed E-state index contributed by atoms with van der Waals surface area (Å²) in [5, 5.41) is 18.1. The molecule has 2 aliphatic rings. The van der Waals surface area contributed by atoms with Crippen molar-refractivity contribution in [1.29, 1.82) is 0 Å². The predicted molar refractivity (Wildman–Crippen MR) is 169 cm³/mol. The molecule has 1 saturated heterocycles. The molecule has 1 unspecified atom stereocenters. The van der Waals surface area contributed by atoms with Gasteiger partial charge in [-0.2, -0.15) is 9.29 Å². The van der Waals surface area contributed by atoms with E-state index >= 15 is 0 Å². The van der Waals surface area contributed by atoms with Gasteiger partial charge < -0.3 is 19.3 Å². The number of benzene rings is 1. The van der Waals surface area contributed by atoms with E-state index in [9.17, 15) is 27.1 Å². The first-order chi connectivity index (χ1) is 22.7. The van der Waals surface area contributed by atoms with Gasteiger partial charge in [-0.15, -0.1) is 10.2 Å². The quantitative estimate of drug-likeness (QED) is 0.267. The monoisotopic (exact) mass is 685 g/mol. The smallest absolute Gasteiger partial charge is 0.310 e. The fraction of sp³-hybridized carbons (Fsp3) is 0.455. The second-order valence-corrected chi connectivity index (χ2v) is 14.8. The van der Waals surface area contributed by atoms with Crippen molar-refractivity contribution in [3.63, 3.8) is 0 Å². The van der Waals surface area contributed by atoms with Gasteiger partial charge in [-0.25, -0.2) is 17.2 Å². The van der Waals surface area contributed by atoms with Gasteiger partial charge in [0.1, 0.15) is 10.5 Å². The second-order valence-electron chi connectivity index (χ2n) is 12.9. The molecule has 4 aromatic rings. The maximum Gasteiger partial charge on any atom is 0.310 e. The molecule has 1 aromatic carbocycles. The molecular weight excluding hydrogens is 648 g/mol. The van der Waals surface area contributed by atoms with Crippen LogP contribution in [0.3, 0.4) is 0 Å². The summed E-state index contributed by atoms with van der Waals surface area (Å²) in [6, 6.07) is 10.0. The molecule has 12 nitrogen and oxygen atoms in total. The fourth-order valence-corrected chi connectivity index (χ4v) is 8.18. The number of halogens is 2. The molecule has 1 fully saturated rings. The number of hydrogen-bond acceptors (Lipinski definition) is 9. The number of rotatable bonds is 8. The highest BCUT2D eigenvalue weighted by Gasteiger charge is 2.46. The zero-order valence-electron chi connectivity index (χ0n) is 27.2. The number of pyridine rings is 2. The number of hydrogen-bond donors (Lipinski definition) is 1. The summed E-state index contributed by atoms with van der Waals surface area (Å²) >= 11 is 0. The van der Waals surface area contributed by atoms with E-state index in [0.29, 0.717) is 48.3 Å². The van der Waals surface area contributed by atoms with Crippen molar-refractivity contribution in [2.75, 3.05) is 26.9 Å². The average molecular weight is 686 g/mol. The van der Waals surface area contributed by atoms with Crippen LogP contribution in [-0.2, 0) is 26.1 Å². The fourth-order valence-electron chi connectivity index (χ4n) is 6.64. The minimum Gasteiger partial charge on any atom is -0.481 e. The van der Waals surface area contributed by atoms with Crippen LogP contribution in [0.25, 0.3) is 5.65 Å². The number of carboxylic acids is 1. The van der Waals surface area contributed by atoms with E-state index in [2.05, 4.69) is 15.2 Å². The van der Waals surface area contributed by atoms with Crippen LogP contribution in [0.4, 0.5) is 8.78 Å². The zero-order valence-corrected chi connectivity index (χ0v) is 28.1. The maximum atomic E-state index is 14.3. The lowest BCUT2D eigenvalue weighted by Crippen LogP contribution is -2.50. The summed E-state index contributed by atoms with van der Waals surface area (Å²) < 4.78 is 75.6. The Bertz CT molecular complexity index is 1990. The Hall–Kier alpha value is -4.21. The zero-order chi connectivity index (χ0) is 34.6.